The van der Waals surface area contributed by atoms with Gasteiger partial charge in [-0.25, -0.2) is 4.98 Å². The smallest absolute Gasteiger partial charge is 0.227 e. The number of rotatable bonds is 3. The highest BCUT2D eigenvalue weighted by molar-refractivity contribution is 5.78. The second kappa shape index (κ2) is 5.60. The molecular weight excluding hydrogens is 300 g/mol. The van der Waals surface area contributed by atoms with E-state index in [1.54, 1.807) is 12.7 Å². The Bertz CT molecular complexity index is 1000. The summed E-state index contributed by atoms with van der Waals surface area (Å²) in [5.41, 5.74) is 6.03. The van der Waals surface area contributed by atoms with Gasteiger partial charge in [-0.1, -0.05) is 26.0 Å². The first-order valence-corrected chi connectivity index (χ1v) is 7.99. The predicted octanol–water partition coefficient (Wildman–Crippen LogP) is 4.51. The van der Waals surface area contributed by atoms with Crippen LogP contribution in [0.4, 0.5) is 0 Å². The summed E-state index contributed by atoms with van der Waals surface area (Å²) in [6.07, 6.45) is 3.38. The molecule has 0 unspecified atom stereocenters. The fourth-order valence-corrected chi connectivity index (χ4v) is 2.88. The minimum atomic E-state index is 0.466. The van der Waals surface area contributed by atoms with E-state index in [4.69, 9.17) is 9.40 Å². The first-order chi connectivity index (χ1) is 11.6. The fraction of sp³-hybridized carbons (Fsp3) is 0.211. The zero-order valence-electron chi connectivity index (χ0n) is 13.9. The van der Waals surface area contributed by atoms with Crippen LogP contribution >= 0.6 is 0 Å². The Labute approximate surface area is 140 Å². The average molecular weight is 318 g/mol. The molecule has 2 aromatic heterocycles. The van der Waals surface area contributed by atoms with Crippen molar-refractivity contribution in [2.75, 3.05) is 0 Å². The summed E-state index contributed by atoms with van der Waals surface area (Å²) in [4.78, 5) is 4.70. The van der Waals surface area contributed by atoms with Gasteiger partial charge < -0.3 is 4.42 Å². The summed E-state index contributed by atoms with van der Waals surface area (Å²) >= 11 is 0. The first kappa shape index (κ1) is 14.6. The molecular formula is C19H18N4O. The van der Waals surface area contributed by atoms with Crippen molar-refractivity contribution in [1.82, 2.24) is 19.7 Å². The molecule has 2 heterocycles. The number of hydrogen-bond acceptors (Lipinski definition) is 4. The van der Waals surface area contributed by atoms with Crippen molar-refractivity contribution < 1.29 is 4.42 Å². The molecule has 0 fully saturated rings. The highest BCUT2D eigenvalue weighted by Gasteiger charge is 2.14. The maximum absolute atomic E-state index is 5.99. The minimum Gasteiger partial charge on any atom is -0.436 e. The van der Waals surface area contributed by atoms with Gasteiger partial charge in [0.05, 0.1) is 5.69 Å². The van der Waals surface area contributed by atoms with Crippen molar-refractivity contribution in [3.63, 3.8) is 0 Å². The second-order valence-electron chi connectivity index (χ2n) is 6.22. The van der Waals surface area contributed by atoms with E-state index in [1.807, 2.05) is 28.8 Å². The Kier molecular flexibility index (Phi) is 3.41. The van der Waals surface area contributed by atoms with Crippen LogP contribution in [0.2, 0.25) is 0 Å². The topological polar surface area (TPSA) is 56.7 Å². The van der Waals surface area contributed by atoms with E-state index in [1.165, 1.54) is 5.56 Å². The van der Waals surface area contributed by atoms with Crippen molar-refractivity contribution in [3.8, 4) is 17.1 Å². The number of oxazole rings is 1. The zero-order valence-corrected chi connectivity index (χ0v) is 13.9. The molecule has 4 aromatic rings. The van der Waals surface area contributed by atoms with Crippen LogP contribution < -0.4 is 0 Å². The van der Waals surface area contributed by atoms with Crippen molar-refractivity contribution in [1.29, 1.82) is 0 Å². The Balaban J connectivity index is 1.84. The van der Waals surface area contributed by atoms with Gasteiger partial charge in [0.1, 0.15) is 18.2 Å². The normalized spacial score (nSPS) is 11.5. The highest BCUT2D eigenvalue weighted by atomic mass is 16.3. The van der Waals surface area contributed by atoms with Crippen LogP contribution in [0.1, 0.15) is 30.9 Å². The average Bonchev–Trinajstić information content (AvgIpc) is 3.23. The van der Waals surface area contributed by atoms with E-state index in [2.05, 4.69) is 43.1 Å². The number of nitrogens with zero attached hydrogens (tertiary/aromatic N) is 4. The summed E-state index contributed by atoms with van der Waals surface area (Å²) in [5.74, 6) is 1.10. The molecule has 0 bridgehead atoms. The molecule has 5 heteroatoms. The van der Waals surface area contributed by atoms with Crippen LogP contribution in [-0.4, -0.2) is 19.7 Å². The molecule has 0 aliphatic rings. The van der Waals surface area contributed by atoms with E-state index < -0.39 is 0 Å². The van der Waals surface area contributed by atoms with Crippen molar-refractivity contribution in [2.45, 2.75) is 26.7 Å². The molecule has 0 N–H and O–H groups in total. The molecule has 0 radical (unpaired) electrons. The molecule has 2 aromatic carbocycles. The van der Waals surface area contributed by atoms with E-state index in [0.29, 0.717) is 11.8 Å². The van der Waals surface area contributed by atoms with E-state index in [-0.39, 0.29) is 0 Å². The van der Waals surface area contributed by atoms with Gasteiger partial charge in [-0.15, -0.1) is 10.2 Å². The maximum atomic E-state index is 5.99. The standard InChI is InChI=1S/C19H18N4O/c1-12(2)14-7-8-18-16(9-14)22-19(24-18)15-5-4-6-17(13(15)3)23-10-20-21-11-23/h4-12H,1-3H3. The lowest BCUT2D eigenvalue weighted by Crippen LogP contribution is -1.96. The summed E-state index contributed by atoms with van der Waals surface area (Å²) in [7, 11) is 0. The lowest BCUT2D eigenvalue weighted by Gasteiger charge is -2.08. The van der Waals surface area contributed by atoms with E-state index >= 15 is 0 Å². The number of hydrogen-bond donors (Lipinski definition) is 0. The molecule has 0 aliphatic carbocycles. The van der Waals surface area contributed by atoms with Crippen LogP contribution in [0.15, 0.2) is 53.5 Å². The fourth-order valence-electron chi connectivity index (χ4n) is 2.88. The van der Waals surface area contributed by atoms with Crippen LogP contribution in [0.3, 0.4) is 0 Å². The summed E-state index contributed by atoms with van der Waals surface area (Å²) in [6, 6.07) is 12.2. The predicted molar refractivity (Wildman–Crippen MR) is 93.2 cm³/mol. The van der Waals surface area contributed by atoms with Gasteiger partial charge >= 0.3 is 0 Å². The van der Waals surface area contributed by atoms with Crippen molar-refractivity contribution >= 4 is 11.1 Å². The number of fused-ring (bicyclic) bond motifs is 1. The monoisotopic (exact) mass is 318 g/mol. The summed E-state index contributed by atoms with van der Waals surface area (Å²) < 4.78 is 7.88. The maximum Gasteiger partial charge on any atom is 0.227 e. The SMILES string of the molecule is Cc1c(-c2nc3cc(C(C)C)ccc3o2)cccc1-n1cnnc1. The molecule has 0 aliphatic heterocycles. The largest absolute Gasteiger partial charge is 0.436 e. The van der Waals surface area contributed by atoms with Crippen LogP contribution in [0.5, 0.6) is 0 Å². The quantitative estimate of drug-likeness (QED) is 0.558. The third kappa shape index (κ3) is 2.38. The van der Waals surface area contributed by atoms with Crippen molar-refractivity contribution in [3.05, 3.63) is 60.2 Å². The minimum absolute atomic E-state index is 0.466. The van der Waals surface area contributed by atoms with Gasteiger partial charge in [0.2, 0.25) is 5.89 Å². The van der Waals surface area contributed by atoms with Gasteiger partial charge in [-0.3, -0.25) is 4.57 Å². The van der Waals surface area contributed by atoms with Gasteiger partial charge in [0.15, 0.2) is 5.58 Å². The molecule has 4 rings (SSSR count). The molecule has 0 amide bonds. The lowest BCUT2D eigenvalue weighted by atomic mass is 10.0. The second-order valence-corrected chi connectivity index (χ2v) is 6.22. The van der Waals surface area contributed by atoms with Gasteiger partial charge in [0.25, 0.3) is 0 Å². The Morgan fingerprint density at radius 2 is 1.83 bits per heavy atom. The van der Waals surface area contributed by atoms with Gasteiger partial charge in [0, 0.05) is 5.56 Å². The first-order valence-electron chi connectivity index (χ1n) is 7.99. The summed E-state index contributed by atoms with van der Waals surface area (Å²) in [5, 5.41) is 7.75. The van der Waals surface area contributed by atoms with E-state index in [0.717, 1.165) is 27.9 Å². The van der Waals surface area contributed by atoms with Crippen LogP contribution in [0, 0.1) is 6.92 Å². The number of benzene rings is 2. The van der Waals surface area contributed by atoms with Crippen molar-refractivity contribution in [2.24, 2.45) is 0 Å². The third-order valence-corrected chi connectivity index (χ3v) is 4.31. The van der Waals surface area contributed by atoms with Gasteiger partial charge in [-0.2, -0.15) is 0 Å². The van der Waals surface area contributed by atoms with Crippen LogP contribution in [0.25, 0.3) is 28.2 Å². The Hall–Kier alpha value is -2.95. The summed E-state index contributed by atoms with van der Waals surface area (Å²) in [6.45, 7) is 6.41. The number of aromatic nitrogens is 4. The zero-order chi connectivity index (χ0) is 16.7. The molecule has 0 saturated heterocycles. The van der Waals surface area contributed by atoms with E-state index in [9.17, 15) is 0 Å². The molecule has 120 valence electrons. The Morgan fingerprint density at radius 3 is 2.58 bits per heavy atom. The molecule has 0 atom stereocenters. The molecule has 0 spiro atoms. The molecule has 5 nitrogen and oxygen atoms in total. The lowest BCUT2D eigenvalue weighted by molar-refractivity contribution is 0.619. The molecule has 0 saturated carbocycles. The molecule has 24 heavy (non-hydrogen) atoms. The van der Waals surface area contributed by atoms with Crippen LogP contribution in [-0.2, 0) is 0 Å². The highest BCUT2D eigenvalue weighted by Crippen LogP contribution is 2.30. The Morgan fingerprint density at radius 1 is 1.04 bits per heavy atom. The third-order valence-electron chi connectivity index (χ3n) is 4.31. The van der Waals surface area contributed by atoms with Gasteiger partial charge in [-0.05, 0) is 48.2 Å².